The standard InChI is InChI=1S/C35H30Cl2O4/c1-3-5-17-41-28-14-12-26(36)31-25(28)18-20-10-11-21(19-24(20)35(31)39)30-22-8-6-7-9-23(22)34(38)32-27(37)13-15-29(33(30)32)40-16-4-2/h6-15,19,30H,3-5,16-18H2,1-2H3. The fourth-order valence-electron chi connectivity index (χ4n) is 5.97. The lowest BCUT2D eigenvalue weighted by molar-refractivity contribution is 0.102. The molecule has 4 aromatic rings. The molecule has 0 aromatic heterocycles. The number of carbonyl (C=O) groups is 2. The third kappa shape index (κ3) is 4.73. The van der Waals surface area contributed by atoms with Gasteiger partial charge in [-0.2, -0.15) is 0 Å². The van der Waals surface area contributed by atoms with Crippen LogP contribution in [0.25, 0.3) is 0 Å². The van der Waals surface area contributed by atoms with Crippen LogP contribution in [0.15, 0.2) is 66.7 Å². The first kappa shape index (κ1) is 27.6. The van der Waals surface area contributed by atoms with Gasteiger partial charge in [0.1, 0.15) is 11.5 Å². The molecule has 0 fully saturated rings. The molecule has 6 rings (SSSR count). The molecule has 0 aliphatic heterocycles. The van der Waals surface area contributed by atoms with Gasteiger partial charge in [-0.15, -0.1) is 0 Å². The van der Waals surface area contributed by atoms with Crippen LogP contribution in [0.2, 0.25) is 10.0 Å². The van der Waals surface area contributed by atoms with Gasteiger partial charge in [0.25, 0.3) is 0 Å². The van der Waals surface area contributed by atoms with E-state index < -0.39 is 0 Å². The second kappa shape index (κ2) is 11.3. The molecule has 0 amide bonds. The summed E-state index contributed by atoms with van der Waals surface area (Å²) in [4.78, 5) is 27.7. The molecule has 2 aliphatic carbocycles. The fraction of sp³-hybridized carbons (Fsp3) is 0.257. The van der Waals surface area contributed by atoms with Gasteiger partial charge in [-0.3, -0.25) is 9.59 Å². The van der Waals surface area contributed by atoms with E-state index in [1.807, 2.05) is 61.5 Å². The molecule has 0 saturated carbocycles. The number of rotatable bonds is 8. The summed E-state index contributed by atoms with van der Waals surface area (Å²) < 4.78 is 12.2. The van der Waals surface area contributed by atoms with Crippen molar-refractivity contribution in [3.63, 3.8) is 0 Å². The van der Waals surface area contributed by atoms with Gasteiger partial charge in [0, 0.05) is 45.7 Å². The molecule has 6 heteroatoms. The highest BCUT2D eigenvalue weighted by molar-refractivity contribution is 6.36. The maximum absolute atomic E-state index is 14.0. The van der Waals surface area contributed by atoms with Gasteiger partial charge in [-0.05, 0) is 59.9 Å². The quantitative estimate of drug-likeness (QED) is 0.168. The van der Waals surface area contributed by atoms with Crippen molar-refractivity contribution in [1.29, 1.82) is 0 Å². The molecule has 1 unspecified atom stereocenters. The minimum Gasteiger partial charge on any atom is -0.493 e. The Morgan fingerprint density at radius 3 is 2.24 bits per heavy atom. The Kier molecular flexibility index (Phi) is 7.63. The van der Waals surface area contributed by atoms with Gasteiger partial charge in [-0.25, -0.2) is 0 Å². The van der Waals surface area contributed by atoms with Crippen molar-refractivity contribution in [2.75, 3.05) is 13.2 Å². The van der Waals surface area contributed by atoms with Crippen LogP contribution in [0.3, 0.4) is 0 Å². The van der Waals surface area contributed by atoms with Gasteiger partial charge in [-0.1, -0.05) is 79.9 Å². The molecule has 4 aromatic carbocycles. The smallest absolute Gasteiger partial charge is 0.195 e. The van der Waals surface area contributed by atoms with Crippen molar-refractivity contribution in [2.24, 2.45) is 0 Å². The van der Waals surface area contributed by atoms with Crippen LogP contribution in [0.1, 0.15) is 98.7 Å². The topological polar surface area (TPSA) is 52.6 Å². The third-order valence-corrected chi connectivity index (χ3v) is 8.56. The monoisotopic (exact) mass is 584 g/mol. The van der Waals surface area contributed by atoms with Gasteiger partial charge in [0.2, 0.25) is 0 Å². The summed E-state index contributed by atoms with van der Waals surface area (Å²) in [5, 5.41) is 0.809. The Labute approximate surface area is 250 Å². The average molecular weight is 586 g/mol. The van der Waals surface area contributed by atoms with Crippen molar-refractivity contribution in [1.82, 2.24) is 0 Å². The molecular formula is C35H30Cl2O4. The van der Waals surface area contributed by atoms with Crippen LogP contribution in [0.4, 0.5) is 0 Å². The van der Waals surface area contributed by atoms with Crippen molar-refractivity contribution in [3.05, 3.63) is 127 Å². The number of benzene rings is 4. The van der Waals surface area contributed by atoms with Gasteiger partial charge in [0.15, 0.2) is 11.6 Å². The Morgan fingerprint density at radius 2 is 1.46 bits per heavy atom. The van der Waals surface area contributed by atoms with Crippen LogP contribution in [0.5, 0.6) is 11.5 Å². The van der Waals surface area contributed by atoms with Gasteiger partial charge >= 0.3 is 0 Å². The minimum atomic E-state index is -0.344. The van der Waals surface area contributed by atoms with E-state index in [1.165, 1.54) is 0 Å². The van der Waals surface area contributed by atoms with Crippen LogP contribution < -0.4 is 9.47 Å². The van der Waals surface area contributed by atoms with Crippen molar-refractivity contribution in [2.45, 2.75) is 45.4 Å². The highest BCUT2D eigenvalue weighted by Gasteiger charge is 2.37. The van der Waals surface area contributed by atoms with Crippen LogP contribution >= 0.6 is 23.2 Å². The lowest BCUT2D eigenvalue weighted by Gasteiger charge is -2.31. The number of fused-ring (bicyclic) bond motifs is 4. The highest BCUT2D eigenvalue weighted by atomic mass is 35.5. The number of ketones is 2. The van der Waals surface area contributed by atoms with E-state index in [0.717, 1.165) is 47.1 Å². The molecule has 0 saturated heterocycles. The summed E-state index contributed by atoms with van der Waals surface area (Å²) in [6, 6.07) is 20.8. The number of hydrogen-bond donors (Lipinski definition) is 0. The normalized spacial score (nSPS) is 15.1. The van der Waals surface area contributed by atoms with Crippen LogP contribution in [-0.4, -0.2) is 24.8 Å². The first-order chi connectivity index (χ1) is 19.9. The molecule has 4 nitrogen and oxygen atoms in total. The van der Waals surface area contributed by atoms with Crippen molar-refractivity contribution < 1.29 is 19.1 Å². The number of halogens is 2. The number of hydrogen-bond acceptors (Lipinski definition) is 4. The number of carbonyl (C=O) groups excluding carboxylic acids is 2. The Bertz CT molecular complexity index is 1690. The summed E-state index contributed by atoms with van der Waals surface area (Å²) in [6.07, 6.45) is 3.33. The Morgan fingerprint density at radius 1 is 0.756 bits per heavy atom. The maximum Gasteiger partial charge on any atom is 0.195 e. The van der Waals surface area contributed by atoms with Crippen LogP contribution in [-0.2, 0) is 6.42 Å². The van der Waals surface area contributed by atoms with E-state index in [-0.39, 0.29) is 17.5 Å². The van der Waals surface area contributed by atoms with E-state index in [4.69, 9.17) is 32.7 Å². The number of ether oxygens (including phenoxy) is 2. The zero-order valence-corrected chi connectivity index (χ0v) is 24.6. The van der Waals surface area contributed by atoms with Gasteiger partial charge < -0.3 is 9.47 Å². The molecular weight excluding hydrogens is 555 g/mol. The van der Waals surface area contributed by atoms with E-state index in [1.54, 1.807) is 12.1 Å². The molecule has 1 atom stereocenters. The molecule has 0 spiro atoms. The summed E-state index contributed by atoms with van der Waals surface area (Å²) in [6.45, 7) is 5.26. The fourth-order valence-corrected chi connectivity index (χ4v) is 6.48. The summed E-state index contributed by atoms with van der Waals surface area (Å²) in [5.74, 6) is 0.752. The van der Waals surface area contributed by atoms with Crippen molar-refractivity contribution in [3.8, 4) is 11.5 Å². The lowest BCUT2D eigenvalue weighted by Crippen LogP contribution is -2.23. The largest absolute Gasteiger partial charge is 0.493 e. The SMILES string of the molecule is CCCCOc1ccc(Cl)c2c1Cc1ccc(C3c4ccccc4C(=O)c4c(Cl)ccc(OCCC)c43)cc1C2=O. The molecule has 2 aliphatic rings. The predicted octanol–water partition coefficient (Wildman–Crippen LogP) is 8.82. The van der Waals surface area contributed by atoms with E-state index in [9.17, 15) is 9.59 Å². The summed E-state index contributed by atoms with van der Waals surface area (Å²) in [5.41, 5.74) is 6.40. The average Bonchev–Trinajstić information content (AvgIpc) is 2.98. The van der Waals surface area contributed by atoms with E-state index in [2.05, 4.69) is 6.92 Å². The summed E-state index contributed by atoms with van der Waals surface area (Å²) in [7, 11) is 0. The first-order valence-electron chi connectivity index (χ1n) is 14.1. The predicted molar refractivity (Wildman–Crippen MR) is 163 cm³/mol. The minimum absolute atomic E-state index is 0.121. The molecule has 0 bridgehead atoms. The molecule has 0 N–H and O–H groups in total. The van der Waals surface area contributed by atoms with Gasteiger partial charge in [0.05, 0.1) is 23.3 Å². The molecule has 41 heavy (non-hydrogen) atoms. The Balaban J connectivity index is 1.50. The van der Waals surface area contributed by atoms with Crippen molar-refractivity contribution >= 4 is 34.8 Å². The second-order valence-electron chi connectivity index (χ2n) is 10.6. The third-order valence-electron chi connectivity index (χ3n) is 7.93. The zero-order chi connectivity index (χ0) is 28.7. The molecule has 0 heterocycles. The van der Waals surface area contributed by atoms with E-state index >= 15 is 0 Å². The maximum atomic E-state index is 14.0. The van der Waals surface area contributed by atoms with Crippen LogP contribution in [0, 0.1) is 0 Å². The zero-order valence-electron chi connectivity index (χ0n) is 23.1. The summed E-state index contributed by atoms with van der Waals surface area (Å²) >= 11 is 13.3. The molecule has 0 radical (unpaired) electrons. The van der Waals surface area contributed by atoms with E-state index in [0.29, 0.717) is 63.4 Å². The lowest BCUT2D eigenvalue weighted by atomic mass is 9.72. The second-order valence-corrected chi connectivity index (χ2v) is 11.4. The highest BCUT2D eigenvalue weighted by Crippen LogP contribution is 2.48. The Hall–Kier alpha value is -3.60. The molecule has 208 valence electrons. The number of unbranched alkanes of at least 4 members (excludes halogenated alkanes) is 1. The first-order valence-corrected chi connectivity index (χ1v) is 14.9.